The van der Waals surface area contributed by atoms with Crippen LogP contribution in [0.4, 0.5) is 5.13 Å². The monoisotopic (exact) mass is 271 g/mol. The summed E-state index contributed by atoms with van der Waals surface area (Å²) < 4.78 is 0. The van der Waals surface area contributed by atoms with Gasteiger partial charge in [0.05, 0.1) is 5.69 Å². The number of rotatable bonds is 6. The number of aromatic nitrogens is 1. The fourth-order valence-corrected chi connectivity index (χ4v) is 3.04. The molecule has 1 N–H and O–H groups in total. The van der Waals surface area contributed by atoms with Crippen LogP contribution in [-0.2, 0) is 0 Å². The number of aromatic carboxylic acids is 1. The van der Waals surface area contributed by atoms with Crippen LogP contribution < -0.4 is 4.90 Å². The maximum atomic E-state index is 11.0. The Labute approximate surface area is 112 Å². The fraction of sp³-hybridized carbons (Fsp3) is 0.667. The van der Waals surface area contributed by atoms with E-state index in [0.717, 1.165) is 18.2 Å². The van der Waals surface area contributed by atoms with Gasteiger partial charge in [-0.05, 0) is 34.9 Å². The zero-order valence-electron chi connectivity index (χ0n) is 11.6. The molecule has 1 atom stereocenters. The predicted molar refractivity (Wildman–Crippen MR) is 74.8 cm³/mol. The van der Waals surface area contributed by atoms with Crippen LogP contribution in [0.2, 0.25) is 0 Å². The number of hydrogen-bond acceptors (Lipinski definition) is 5. The minimum absolute atomic E-state index is 0.303. The van der Waals surface area contributed by atoms with Crippen LogP contribution in [0, 0.1) is 6.92 Å². The highest BCUT2D eigenvalue weighted by Gasteiger charge is 2.21. The molecule has 1 rings (SSSR count). The molecule has 18 heavy (non-hydrogen) atoms. The number of likely N-dealkylation sites (N-methyl/N-ethyl adjacent to an activating group) is 2. The van der Waals surface area contributed by atoms with Crippen molar-refractivity contribution in [2.75, 3.05) is 32.1 Å². The number of carbonyl (C=O) groups is 1. The van der Waals surface area contributed by atoms with Gasteiger partial charge < -0.3 is 14.9 Å². The highest BCUT2D eigenvalue weighted by molar-refractivity contribution is 7.17. The van der Waals surface area contributed by atoms with E-state index in [0.29, 0.717) is 16.6 Å². The number of carboxylic acids is 1. The van der Waals surface area contributed by atoms with Gasteiger partial charge in [0.15, 0.2) is 5.13 Å². The first-order valence-electron chi connectivity index (χ1n) is 5.98. The summed E-state index contributed by atoms with van der Waals surface area (Å²) in [6.07, 6.45) is 0. The molecule has 0 aliphatic rings. The van der Waals surface area contributed by atoms with E-state index < -0.39 is 5.97 Å². The van der Waals surface area contributed by atoms with Crippen LogP contribution >= 0.6 is 11.3 Å². The first-order chi connectivity index (χ1) is 8.36. The average molecular weight is 271 g/mol. The minimum atomic E-state index is -0.896. The summed E-state index contributed by atoms with van der Waals surface area (Å²) in [5, 5.41) is 9.85. The molecule has 1 aromatic heterocycles. The Morgan fingerprint density at radius 1 is 1.50 bits per heavy atom. The lowest BCUT2D eigenvalue weighted by atomic mass is 10.3. The molecule has 1 unspecified atom stereocenters. The molecule has 0 radical (unpaired) electrons. The molecule has 0 spiro atoms. The normalized spacial score (nSPS) is 12.8. The van der Waals surface area contributed by atoms with E-state index in [1.54, 1.807) is 6.92 Å². The van der Waals surface area contributed by atoms with Crippen LogP contribution in [0.25, 0.3) is 0 Å². The van der Waals surface area contributed by atoms with Gasteiger partial charge in [0.2, 0.25) is 0 Å². The molecule has 0 saturated carbocycles. The first-order valence-corrected chi connectivity index (χ1v) is 6.80. The van der Waals surface area contributed by atoms with Gasteiger partial charge in [-0.15, -0.1) is 0 Å². The lowest BCUT2D eigenvalue weighted by Gasteiger charge is -2.29. The van der Waals surface area contributed by atoms with E-state index in [4.69, 9.17) is 5.11 Å². The molecule has 0 amide bonds. The number of carboxylic acid groups (broad SMARTS) is 1. The van der Waals surface area contributed by atoms with Crippen molar-refractivity contribution < 1.29 is 9.90 Å². The van der Waals surface area contributed by atoms with Crippen molar-refractivity contribution >= 4 is 22.4 Å². The first kappa shape index (κ1) is 14.9. The third-order valence-electron chi connectivity index (χ3n) is 2.73. The van der Waals surface area contributed by atoms with Gasteiger partial charge in [-0.3, -0.25) is 0 Å². The Kier molecular flexibility index (Phi) is 5.10. The van der Waals surface area contributed by atoms with Crippen LogP contribution in [0.3, 0.4) is 0 Å². The van der Waals surface area contributed by atoms with E-state index in [1.807, 2.05) is 14.1 Å². The molecule has 1 heterocycles. The van der Waals surface area contributed by atoms with Gasteiger partial charge in [0.1, 0.15) is 4.88 Å². The maximum Gasteiger partial charge on any atom is 0.347 e. The number of hydrogen-bond donors (Lipinski definition) is 1. The Morgan fingerprint density at radius 2 is 2.11 bits per heavy atom. The summed E-state index contributed by atoms with van der Waals surface area (Å²) in [5.41, 5.74) is 0.595. The van der Waals surface area contributed by atoms with Crippen molar-refractivity contribution in [1.29, 1.82) is 0 Å². The third kappa shape index (κ3) is 3.43. The summed E-state index contributed by atoms with van der Waals surface area (Å²) in [5.74, 6) is -0.896. The number of anilines is 1. The van der Waals surface area contributed by atoms with Crippen molar-refractivity contribution in [2.24, 2.45) is 0 Å². The van der Waals surface area contributed by atoms with Gasteiger partial charge >= 0.3 is 5.97 Å². The van der Waals surface area contributed by atoms with E-state index in [9.17, 15) is 4.79 Å². The molecule has 0 aliphatic carbocycles. The van der Waals surface area contributed by atoms with Gasteiger partial charge in [0.25, 0.3) is 0 Å². The largest absolute Gasteiger partial charge is 0.477 e. The smallest absolute Gasteiger partial charge is 0.347 e. The molecule has 1 aromatic rings. The Hall–Kier alpha value is -1.14. The standard InChI is InChI=1S/C12H21N3O2S/c1-6-15(8(2)7-14(4)5)12-13-9(3)10(18-12)11(16)17/h8H,6-7H2,1-5H3,(H,16,17). The Morgan fingerprint density at radius 3 is 2.50 bits per heavy atom. The average Bonchev–Trinajstić information content (AvgIpc) is 2.60. The summed E-state index contributed by atoms with van der Waals surface area (Å²) in [6.45, 7) is 7.66. The molecule has 5 nitrogen and oxygen atoms in total. The summed E-state index contributed by atoms with van der Waals surface area (Å²) in [6, 6.07) is 0.303. The second-order valence-electron chi connectivity index (χ2n) is 4.61. The zero-order chi connectivity index (χ0) is 13.9. The second kappa shape index (κ2) is 6.15. The van der Waals surface area contributed by atoms with Crippen molar-refractivity contribution in [1.82, 2.24) is 9.88 Å². The lowest BCUT2D eigenvalue weighted by Crippen LogP contribution is -2.40. The summed E-state index contributed by atoms with van der Waals surface area (Å²) in [4.78, 5) is 20.0. The maximum absolute atomic E-state index is 11.0. The SMILES string of the molecule is CCN(c1nc(C)c(C(=O)O)s1)C(C)CN(C)C. The molecule has 0 aliphatic heterocycles. The van der Waals surface area contributed by atoms with Crippen molar-refractivity contribution in [3.05, 3.63) is 10.6 Å². The minimum Gasteiger partial charge on any atom is -0.477 e. The number of nitrogens with zero attached hydrogens (tertiary/aromatic N) is 3. The highest BCUT2D eigenvalue weighted by Crippen LogP contribution is 2.27. The molecule has 0 fully saturated rings. The van der Waals surface area contributed by atoms with Crippen molar-refractivity contribution in [3.8, 4) is 0 Å². The Balaban J connectivity index is 2.95. The zero-order valence-corrected chi connectivity index (χ0v) is 12.4. The van der Waals surface area contributed by atoms with E-state index in [2.05, 4.69) is 28.6 Å². The molecule has 0 bridgehead atoms. The van der Waals surface area contributed by atoms with Gasteiger partial charge in [0, 0.05) is 19.1 Å². The quantitative estimate of drug-likeness (QED) is 0.856. The molecule has 0 aromatic carbocycles. The summed E-state index contributed by atoms with van der Waals surface area (Å²) in [7, 11) is 4.06. The van der Waals surface area contributed by atoms with Gasteiger partial charge in [-0.1, -0.05) is 11.3 Å². The van der Waals surface area contributed by atoms with Crippen LogP contribution in [0.15, 0.2) is 0 Å². The predicted octanol–water partition coefficient (Wildman–Crippen LogP) is 1.93. The lowest BCUT2D eigenvalue weighted by molar-refractivity contribution is 0.0701. The van der Waals surface area contributed by atoms with Crippen molar-refractivity contribution in [3.63, 3.8) is 0 Å². The molecular weight excluding hydrogens is 250 g/mol. The fourth-order valence-electron chi connectivity index (χ4n) is 1.97. The second-order valence-corrected chi connectivity index (χ2v) is 5.59. The molecular formula is C12H21N3O2S. The Bertz CT molecular complexity index is 417. The summed E-state index contributed by atoms with van der Waals surface area (Å²) >= 11 is 1.25. The van der Waals surface area contributed by atoms with Crippen LogP contribution in [0.5, 0.6) is 0 Å². The van der Waals surface area contributed by atoms with Crippen molar-refractivity contribution in [2.45, 2.75) is 26.8 Å². The van der Waals surface area contributed by atoms with Gasteiger partial charge in [-0.25, -0.2) is 9.78 Å². The van der Waals surface area contributed by atoms with E-state index >= 15 is 0 Å². The van der Waals surface area contributed by atoms with Crippen LogP contribution in [0.1, 0.15) is 29.2 Å². The molecule has 102 valence electrons. The van der Waals surface area contributed by atoms with Crippen LogP contribution in [-0.4, -0.2) is 54.2 Å². The molecule has 6 heteroatoms. The molecule has 0 saturated heterocycles. The third-order valence-corrected chi connectivity index (χ3v) is 3.91. The van der Waals surface area contributed by atoms with E-state index in [-0.39, 0.29) is 0 Å². The highest BCUT2D eigenvalue weighted by atomic mass is 32.1. The number of thiazole rings is 1. The van der Waals surface area contributed by atoms with E-state index in [1.165, 1.54) is 11.3 Å². The number of aryl methyl sites for hydroxylation is 1. The topological polar surface area (TPSA) is 56.7 Å². The van der Waals surface area contributed by atoms with Gasteiger partial charge in [-0.2, -0.15) is 0 Å².